The second-order valence-electron chi connectivity index (χ2n) is 4.08. The topological polar surface area (TPSA) is 68.3 Å². The van der Waals surface area contributed by atoms with Gasteiger partial charge in [0.1, 0.15) is 15.8 Å². The molecule has 0 bridgehead atoms. The van der Waals surface area contributed by atoms with Crippen molar-refractivity contribution in [3.05, 3.63) is 47.2 Å². The van der Waals surface area contributed by atoms with Crippen LogP contribution in [0, 0.1) is 6.92 Å². The van der Waals surface area contributed by atoms with Crippen LogP contribution in [-0.2, 0) is 10.0 Å². The second kappa shape index (κ2) is 5.68. The van der Waals surface area contributed by atoms with Crippen LogP contribution in [0.5, 0.6) is 5.75 Å². The lowest BCUT2D eigenvalue weighted by atomic mass is 10.2. The predicted octanol–water partition coefficient (Wildman–Crippen LogP) is 2.85. The summed E-state index contributed by atoms with van der Waals surface area (Å²) in [6.45, 7) is 1.83. The number of halogens is 1. The molecule has 1 aromatic heterocycles. The summed E-state index contributed by atoms with van der Waals surface area (Å²) in [5.74, 6) is 0.687. The number of anilines is 1. The van der Waals surface area contributed by atoms with Gasteiger partial charge >= 0.3 is 0 Å². The van der Waals surface area contributed by atoms with Gasteiger partial charge in [-0.25, -0.2) is 13.4 Å². The number of nitrogens with one attached hydrogen (secondary N) is 1. The second-order valence-corrected chi connectivity index (χ2v) is 6.09. The molecule has 0 aliphatic heterocycles. The molecule has 0 saturated heterocycles. The molecular formula is C13H13ClN2O3S. The number of aromatic nitrogens is 1. The van der Waals surface area contributed by atoms with Crippen molar-refractivity contribution in [2.24, 2.45) is 0 Å². The zero-order valence-corrected chi connectivity index (χ0v) is 12.5. The summed E-state index contributed by atoms with van der Waals surface area (Å²) in [4.78, 5) is 3.70. The fourth-order valence-electron chi connectivity index (χ4n) is 1.72. The Labute approximate surface area is 122 Å². The molecule has 0 aliphatic rings. The molecule has 0 amide bonds. The lowest BCUT2D eigenvalue weighted by molar-refractivity contribution is 0.412. The van der Waals surface area contributed by atoms with Crippen molar-refractivity contribution in [3.63, 3.8) is 0 Å². The lowest BCUT2D eigenvalue weighted by Gasteiger charge is -2.11. The highest BCUT2D eigenvalue weighted by atomic mass is 35.5. The molecule has 0 unspecified atom stereocenters. The van der Waals surface area contributed by atoms with E-state index >= 15 is 0 Å². The van der Waals surface area contributed by atoms with Gasteiger partial charge in [-0.15, -0.1) is 0 Å². The number of rotatable bonds is 4. The van der Waals surface area contributed by atoms with Crippen LogP contribution < -0.4 is 9.46 Å². The SMILES string of the molecule is COc1ccc(NS(=O)(=O)c2cccnc2Cl)cc1C. The predicted molar refractivity (Wildman–Crippen MR) is 77.8 cm³/mol. The lowest BCUT2D eigenvalue weighted by Crippen LogP contribution is -2.14. The minimum Gasteiger partial charge on any atom is -0.496 e. The van der Waals surface area contributed by atoms with Crippen LogP contribution in [-0.4, -0.2) is 20.5 Å². The molecule has 0 fully saturated rings. The summed E-state index contributed by atoms with van der Waals surface area (Å²) in [5, 5.41) is -0.0646. The van der Waals surface area contributed by atoms with Crippen molar-refractivity contribution in [3.8, 4) is 5.75 Å². The van der Waals surface area contributed by atoms with Crippen LogP contribution in [0.15, 0.2) is 41.4 Å². The van der Waals surface area contributed by atoms with Gasteiger partial charge in [0.05, 0.1) is 7.11 Å². The number of benzene rings is 1. The van der Waals surface area contributed by atoms with Gasteiger partial charge in [0.25, 0.3) is 10.0 Å². The first-order valence-corrected chi connectivity index (χ1v) is 7.58. The highest BCUT2D eigenvalue weighted by molar-refractivity contribution is 7.92. The van der Waals surface area contributed by atoms with E-state index in [1.807, 2.05) is 6.92 Å². The Morgan fingerprint density at radius 3 is 2.65 bits per heavy atom. The fourth-order valence-corrected chi connectivity index (χ4v) is 3.23. The van der Waals surface area contributed by atoms with E-state index in [2.05, 4.69) is 9.71 Å². The number of hydrogen-bond donors (Lipinski definition) is 1. The van der Waals surface area contributed by atoms with Gasteiger partial charge in [0, 0.05) is 11.9 Å². The number of nitrogens with zero attached hydrogens (tertiary/aromatic N) is 1. The van der Waals surface area contributed by atoms with E-state index in [4.69, 9.17) is 16.3 Å². The third-order valence-corrected chi connectivity index (χ3v) is 4.49. The number of pyridine rings is 1. The zero-order valence-electron chi connectivity index (χ0n) is 10.9. The van der Waals surface area contributed by atoms with E-state index in [0.717, 1.165) is 5.56 Å². The van der Waals surface area contributed by atoms with Gasteiger partial charge in [-0.3, -0.25) is 4.72 Å². The van der Waals surface area contributed by atoms with Crippen LogP contribution in [0.3, 0.4) is 0 Å². The van der Waals surface area contributed by atoms with E-state index in [1.54, 1.807) is 25.3 Å². The third-order valence-electron chi connectivity index (χ3n) is 2.66. The molecule has 20 heavy (non-hydrogen) atoms. The summed E-state index contributed by atoms with van der Waals surface area (Å²) in [6, 6.07) is 7.90. The average molecular weight is 313 g/mol. The van der Waals surface area contributed by atoms with Crippen molar-refractivity contribution >= 4 is 27.3 Å². The van der Waals surface area contributed by atoms with Crippen molar-refractivity contribution in [2.75, 3.05) is 11.8 Å². The minimum absolute atomic E-state index is 0.0601. The molecule has 1 heterocycles. The number of methoxy groups -OCH3 is 1. The Morgan fingerprint density at radius 2 is 2.05 bits per heavy atom. The molecule has 7 heteroatoms. The largest absolute Gasteiger partial charge is 0.496 e. The fraction of sp³-hybridized carbons (Fsp3) is 0.154. The maximum atomic E-state index is 12.2. The molecule has 1 aromatic carbocycles. The molecule has 5 nitrogen and oxygen atoms in total. The molecule has 2 aromatic rings. The van der Waals surface area contributed by atoms with E-state index < -0.39 is 10.0 Å². The minimum atomic E-state index is -3.77. The van der Waals surface area contributed by atoms with Crippen LogP contribution in [0.4, 0.5) is 5.69 Å². The van der Waals surface area contributed by atoms with Crippen LogP contribution in [0.1, 0.15) is 5.56 Å². The standard InChI is InChI=1S/C13H13ClN2O3S/c1-9-8-10(5-6-11(9)19-2)16-20(17,18)12-4-3-7-15-13(12)14/h3-8,16H,1-2H3. The first-order chi connectivity index (χ1) is 9.44. The zero-order chi connectivity index (χ0) is 14.8. The van der Waals surface area contributed by atoms with Crippen molar-refractivity contribution in [2.45, 2.75) is 11.8 Å². The smallest absolute Gasteiger partial charge is 0.264 e. The average Bonchev–Trinajstić information content (AvgIpc) is 2.38. The summed E-state index contributed by atoms with van der Waals surface area (Å²) in [7, 11) is -2.21. The molecular weight excluding hydrogens is 300 g/mol. The Balaban J connectivity index is 2.34. The van der Waals surface area contributed by atoms with Gasteiger partial charge in [0.2, 0.25) is 0 Å². The van der Waals surface area contributed by atoms with Gasteiger partial charge < -0.3 is 4.74 Å². The molecule has 0 aliphatic carbocycles. The molecule has 1 N–H and O–H groups in total. The van der Waals surface area contributed by atoms with Crippen LogP contribution in [0.2, 0.25) is 5.15 Å². The molecule has 0 radical (unpaired) electrons. The van der Waals surface area contributed by atoms with Gasteiger partial charge in [0.15, 0.2) is 0 Å². The third kappa shape index (κ3) is 3.02. The molecule has 106 valence electrons. The van der Waals surface area contributed by atoms with Crippen molar-refractivity contribution < 1.29 is 13.2 Å². The van der Waals surface area contributed by atoms with E-state index in [0.29, 0.717) is 11.4 Å². The summed E-state index contributed by atoms with van der Waals surface area (Å²) >= 11 is 5.80. The van der Waals surface area contributed by atoms with Crippen LogP contribution >= 0.6 is 11.6 Å². The highest BCUT2D eigenvalue weighted by Gasteiger charge is 2.18. The summed E-state index contributed by atoms with van der Waals surface area (Å²) < 4.78 is 32.0. The Kier molecular flexibility index (Phi) is 4.15. The first kappa shape index (κ1) is 14.6. The molecule has 2 rings (SSSR count). The van der Waals surface area contributed by atoms with Gasteiger partial charge in [-0.1, -0.05) is 11.6 Å². The van der Waals surface area contributed by atoms with E-state index in [1.165, 1.54) is 18.3 Å². The van der Waals surface area contributed by atoms with E-state index in [-0.39, 0.29) is 10.0 Å². The summed E-state index contributed by atoms with van der Waals surface area (Å²) in [6.07, 6.45) is 1.43. The highest BCUT2D eigenvalue weighted by Crippen LogP contribution is 2.25. The van der Waals surface area contributed by atoms with Crippen LogP contribution in [0.25, 0.3) is 0 Å². The van der Waals surface area contributed by atoms with Gasteiger partial charge in [-0.05, 0) is 42.8 Å². The number of sulfonamides is 1. The molecule has 0 spiro atoms. The maximum Gasteiger partial charge on any atom is 0.264 e. The van der Waals surface area contributed by atoms with Crippen molar-refractivity contribution in [1.29, 1.82) is 0 Å². The van der Waals surface area contributed by atoms with Gasteiger partial charge in [-0.2, -0.15) is 0 Å². The number of aryl methyl sites for hydroxylation is 1. The first-order valence-electron chi connectivity index (χ1n) is 5.72. The quantitative estimate of drug-likeness (QED) is 0.881. The number of ether oxygens (including phenoxy) is 1. The molecule has 0 atom stereocenters. The Hall–Kier alpha value is -1.79. The monoisotopic (exact) mass is 312 g/mol. The maximum absolute atomic E-state index is 12.2. The Bertz CT molecular complexity index is 732. The normalized spacial score (nSPS) is 11.2. The molecule has 0 saturated carbocycles. The summed E-state index contributed by atoms with van der Waals surface area (Å²) in [5.41, 5.74) is 1.26. The Morgan fingerprint density at radius 1 is 1.30 bits per heavy atom. The van der Waals surface area contributed by atoms with Crippen molar-refractivity contribution in [1.82, 2.24) is 4.98 Å². The van der Waals surface area contributed by atoms with E-state index in [9.17, 15) is 8.42 Å². The number of hydrogen-bond acceptors (Lipinski definition) is 4.